The Bertz CT molecular complexity index is 1510. The summed E-state index contributed by atoms with van der Waals surface area (Å²) in [6.45, 7) is 3.98. The van der Waals surface area contributed by atoms with Crippen LogP contribution in [0.25, 0.3) is 28.0 Å². The van der Waals surface area contributed by atoms with Gasteiger partial charge in [0, 0.05) is 5.56 Å². The zero-order valence-electron chi connectivity index (χ0n) is 18.9. The third-order valence-electron chi connectivity index (χ3n) is 5.44. The van der Waals surface area contributed by atoms with Gasteiger partial charge >= 0.3 is 0 Å². The fraction of sp³-hybridized carbons (Fsp3) is 0.154. The minimum absolute atomic E-state index is 0.142. The standard InChI is InChI=1S/C26H22N4O3S/c1-16-8-10-18(11-9-16)24-29-28-23(33-24)17(2)34-26-27-22-7-5-4-6-21(22)25(31)30(26)19-12-14-20(32-3)15-13-19/h4-15,17H,1-3H3. The van der Waals surface area contributed by atoms with Crippen molar-refractivity contribution in [2.45, 2.75) is 24.3 Å². The summed E-state index contributed by atoms with van der Waals surface area (Å²) >= 11 is 1.39. The molecule has 1 unspecified atom stereocenters. The van der Waals surface area contributed by atoms with Crippen LogP contribution in [0, 0.1) is 6.92 Å². The van der Waals surface area contributed by atoms with E-state index in [9.17, 15) is 4.79 Å². The van der Waals surface area contributed by atoms with Gasteiger partial charge in [0.2, 0.25) is 11.8 Å². The largest absolute Gasteiger partial charge is 0.497 e. The number of benzene rings is 3. The number of rotatable bonds is 6. The number of aromatic nitrogens is 4. The quantitative estimate of drug-likeness (QED) is 0.236. The second-order valence-corrected chi connectivity index (χ2v) is 9.13. The van der Waals surface area contributed by atoms with Crippen LogP contribution in [-0.2, 0) is 0 Å². The van der Waals surface area contributed by atoms with E-state index in [1.54, 1.807) is 17.7 Å². The van der Waals surface area contributed by atoms with Crippen molar-refractivity contribution >= 4 is 22.7 Å². The summed E-state index contributed by atoms with van der Waals surface area (Å²) < 4.78 is 12.8. The van der Waals surface area contributed by atoms with Crippen LogP contribution < -0.4 is 10.3 Å². The highest BCUT2D eigenvalue weighted by Gasteiger charge is 2.21. The smallest absolute Gasteiger partial charge is 0.266 e. The number of nitrogens with zero attached hydrogens (tertiary/aromatic N) is 4. The van der Waals surface area contributed by atoms with Gasteiger partial charge in [-0.2, -0.15) is 0 Å². The van der Waals surface area contributed by atoms with E-state index >= 15 is 0 Å². The molecule has 0 amide bonds. The van der Waals surface area contributed by atoms with E-state index in [0.717, 1.165) is 11.1 Å². The number of hydrogen-bond donors (Lipinski definition) is 0. The van der Waals surface area contributed by atoms with Gasteiger partial charge < -0.3 is 9.15 Å². The van der Waals surface area contributed by atoms with Gasteiger partial charge in [-0.3, -0.25) is 9.36 Å². The predicted octanol–water partition coefficient (Wildman–Crippen LogP) is 5.61. The molecule has 0 spiro atoms. The molecular formula is C26H22N4O3S. The van der Waals surface area contributed by atoms with Gasteiger partial charge in [0.05, 0.1) is 29.0 Å². The first-order valence-corrected chi connectivity index (χ1v) is 11.6. The highest BCUT2D eigenvalue weighted by Crippen LogP contribution is 2.35. The summed E-state index contributed by atoms with van der Waals surface area (Å²) in [7, 11) is 1.61. The topological polar surface area (TPSA) is 83.0 Å². The van der Waals surface area contributed by atoms with E-state index in [-0.39, 0.29) is 10.8 Å². The number of methoxy groups -OCH3 is 1. The molecule has 0 radical (unpaired) electrons. The van der Waals surface area contributed by atoms with Gasteiger partial charge in [0.15, 0.2) is 5.16 Å². The van der Waals surface area contributed by atoms with E-state index in [1.165, 1.54) is 11.8 Å². The van der Waals surface area contributed by atoms with Crippen LogP contribution in [0.1, 0.15) is 23.6 Å². The number of ether oxygens (including phenoxy) is 1. The van der Waals surface area contributed by atoms with Crippen molar-refractivity contribution in [2.75, 3.05) is 7.11 Å². The highest BCUT2D eigenvalue weighted by molar-refractivity contribution is 7.99. The van der Waals surface area contributed by atoms with Crippen LogP contribution in [0.2, 0.25) is 0 Å². The molecule has 2 aromatic heterocycles. The van der Waals surface area contributed by atoms with Crippen molar-refractivity contribution < 1.29 is 9.15 Å². The molecule has 0 fully saturated rings. The molecule has 0 saturated heterocycles. The Morgan fingerprint density at radius 1 is 0.971 bits per heavy atom. The highest BCUT2D eigenvalue weighted by atomic mass is 32.2. The van der Waals surface area contributed by atoms with Crippen molar-refractivity contribution in [1.82, 2.24) is 19.7 Å². The minimum atomic E-state index is -0.232. The van der Waals surface area contributed by atoms with E-state index in [0.29, 0.717) is 39.3 Å². The molecule has 2 heterocycles. The molecule has 5 aromatic rings. The number of fused-ring (bicyclic) bond motifs is 1. The third-order valence-corrected chi connectivity index (χ3v) is 6.48. The minimum Gasteiger partial charge on any atom is -0.497 e. The fourth-order valence-corrected chi connectivity index (χ4v) is 4.53. The molecule has 0 aliphatic heterocycles. The Morgan fingerprint density at radius 2 is 1.71 bits per heavy atom. The molecular weight excluding hydrogens is 448 g/mol. The van der Waals surface area contributed by atoms with Gasteiger partial charge in [-0.15, -0.1) is 10.2 Å². The van der Waals surface area contributed by atoms with Crippen molar-refractivity contribution in [1.29, 1.82) is 0 Å². The van der Waals surface area contributed by atoms with Crippen LogP contribution in [-0.4, -0.2) is 26.9 Å². The number of para-hydroxylation sites is 1. The summed E-state index contributed by atoms with van der Waals surface area (Å²) in [4.78, 5) is 18.3. The van der Waals surface area contributed by atoms with Gasteiger partial charge in [-0.1, -0.05) is 41.6 Å². The molecule has 0 aliphatic rings. The van der Waals surface area contributed by atoms with Crippen molar-refractivity contribution in [3.8, 4) is 22.9 Å². The van der Waals surface area contributed by atoms with Crippen LogP contribution in [0.3, 0.4) is 0 Å². The second kappa shape index (κ2) is 9.15. The second-order valence-electron chi connectivity index (χ2n) is 7.82. The summed E-state index contributed by atoms with van der Waals surface area (Å²) in [6.07, 6.45) is 0. The van der Waals surface area contributed by atoms with Crippen LogP contribution in [0.15, 0.2) is 87.2 Å². The summed E-state index contributed by atoms with van der Waals surface area (Å²) in [6, 6.07) is 22.6. The lowest BCUT2D eigenvalue weighted by molar-refractivity contribution is 0.414. The molecule has 0 aliphatic carbocycles. The lowest BCUT2D eigenvalue weighted by atomic mass is 10.1. The van der Waals surface area contributed by atoms with Crippen molar-refractivity contribution in [2.24, 2.45) is 0 Å². The molecule has 8 heteroatoms. The molecule has 7 nitrogen and oxygen atoms in total. The third kappa shape index (κ3) is 4.20. The molecule has 170 valence electrons. The maximum Gasteiger partial charge on any atom is 0.266 e. The first kappa shape index (κ1) is 21.9. The Hall–Kier alpha value is -3.91. The molecule has 0 bridgehead atoms. The number of hydrogen-bond acceptors (Lipinski definition) is 7. The SMILES string of the molecule is COc1ccc(-n2c(SC(C)c3nnc(-c4ccc(C)cc4)o3)nc3ccccc3c2=O)cc1. The lowest BCUT2D eigenvalue weighted by Crippen LogP contribution is -2.22. The molecule has 3 aromatic carbocycles. The maximum absolute atomic E-state index is 13.5. The van der Waals surface area contributed by atoms with Gasteiger partial charge in [-0.25, -0.2) is 4.98 Å². The zero-order valence-corrected chi connectivity index (χ0v) is 19.7. The Labute approximate surface area is 200 Å². The van der Waals surface area contributed by atoms with Gasteiger partial charge in [0.25, 0.3) is 5.56 Å². The summed E-state index contributed by atoms with van der Waals surface area (Å²) in [5, 5.41) is 9.32. The Kier molecular flexibility index (Phi) is 5.90. The Balaban J connectivity index is 1.54. The first-order valence-electron chi connectivity index (χ1n) is 10.8. The normalized spacial score (nSPS) is 12.1. The van der Waals surface area contributed by atoms with E-state index in [2.05, 4.69) is 10.2 Å². The maximum atomic E-state index is 13.5. The van der Waals surface area contributed by atoms with E-state index in [1.807, 2.05) is 80.6 Å². The fourth-order valence-electron chi connectivity index (χ4n) is 3.57. The van der Waals surface area contributed by atoms with Gasteiger partial charge in [-0.05, 0) is 62.4 Å². The molecule has 34 heavy (non-hydrogen) atoms. The molecule has 5 rings (SSSR count). The van der Waals surface area contributed by atoms with Crippen LogP contribution in [0.4, 0.5) is 0 Å². The molecule has 0 N–H and O–H groups in total. The van der Waals surface area contributed by atoms with Crippen molar-refractivity contribution in [3.63, 3.8) is 0 Å². The average molecular weight is 471 g/mol. The molecule has 0 saturated carbocycles. The first-order chi connectivity index (χ1) is 16.5. The summed E-state index contributed by atoms with van der Waals surface area (Å²) in [5.41, 5.74) is 3.21. The van der Waals surface area contributed by atoms with Crippen LogP contribution in [0.5, 0.6) is 5.75 Å². The van der Waals surface area contributed by atoms with E-state index < -0.39 is 0 Å². The lowest BCUT2D eigenvalue weighted by Gasteiger charge is -2.15. The average Bonchev–Trinajstić information content (AvgIpc) is 3.35. The zero-order chi connectivity index (χ0) is 23.7. The molecule has 1 atom stereocenters. The van der Waals surface area contributed by atoms with Crippen molar-refractivity contribution in [3.05, 3.63) is 94.6 Å². The number of aryl methyl sites for hydroxylation is 1. The number of thioether (sulfide) groups is 1. The predicted molar refractivity (Wildman–Crippen MR) is 133 cm³/mol. The Morgan fingerprint density at radius 3 is 2.44 bits per heavy atom. The summed E-state index contributed by atoms with van der Waals surface area (Å²) in [5.74, 6) is 1.63. The monoisotopic (exact) mass is 470 g/mol. The van der Waals surface area contributed by atoms with Gasteiger partial charge in [0.1, 0.15) is 5.75 Å². The van der Waals surface area contributed by atoms with Crippen LogP contribution >= 0.6 is 11.8 Å². The van der Waals surface area contributed by atoms with E-state index in [4.69, 9.17) is 14.1 Å².